The molecule has 2 aliphatic rings. The molecule has 2 amide bonds. The minimum atomic E-state index is -0.453. The molecule has 0 unspecified atom stereocenters. The standard InChI is InChI=1S/C15H27N3O3/c1-15(2,3)21-14(20)18-12-8-11(9-12)16-6-7-17-13(19)10-4-5-10/h10-12,16H,4-9H2,1-3H3,(H,17,19)(H,18,20). The molecule has 0 bridgehead atoms. The molecule has 3 N–H and O–H groups in total. The Morgan fingerprint density at radius 2 is 1.76 bits per heavy atom. The molecule has 21 heavy (non-hydrogen) atoms. The van der Waals surface area contributed by atoms with E-state index >= 15 is 0 Å². The first-order valence-corrected chi connectivity index (χ1v) is 7.84. The van der Waals surface area contributed by atoms with Crippen LogP contribution in [0.2, 0.25) is 0 Å². The summed E-state index contributed by atoms with van der Waals surface area (Å²) in [4.78, 5) is 23.0. The summed E-state index contributed by atoms with van der Waals surface area (Å²) in [5, 5.41) is 9.17. The Kier molecular flexibility index (Phi) is 5.08. The summed E-state index contributed by atoms with van der Waals surface area (Å²) in [6.07, 6.45) is 3.56. The minimum Gasteiger partial charge on any atom is -0.444 e. The van der Waals surface area contributed by atoms with Crippen LogP contribution in [0.5, 0.6) is 0 Å². The molecule has 0 heterocycles. The Bertz CT molecular complexity index is 382. The van der Waals surface area contributed by atoms with Crippen LogP contribution in [0.3, 0.4) is 0 Å². The number of hydrogen-bond acceptors (Lipinski definition) is 4. The molecule has 0 aromatic heterocycles. The van der Waals surface area contributed by atoms with E-state index in [2.05, 4.69) is 16.0 Å². The third-order valence-corrected chi connectivity index (χ3v) is 3.66. The summed E-state index contributed by atoms with van der Waals surface area (Å²) in [5.41, 5.74) is -0.453. The highest BCUT2D eigenvalue weighted by molar-refractivity contribution is 5.80. The predicted octanol–water partition coefficient (Wildman–Crippen LogP) is 1.16. The smallest absolute Gasteiger partial charge is 0.407 e. The summed E-state index contributed by atoms with van der Waals surface area (Å²) in [6, 6.07) is 0.612. The van der Waals surface area contributed by atoms with Crippen LogP contribution in [-0.4, -0.2) is 42.8 Å². The van der Waals surface area contributed by atoms with Gasteiger partial charge < -0.3 is 20.7 Å². The van der Waals surface area contributed by atoms with Gasteiger partial charge in [0.25, 0.3) is 0 Å². The van der Waals surface area contributed by atoms with E-state index in [0.29, 0.717) is 12.6 Å². The topological polar surface area (TPSA) is 79.5 Å². The lowest BCUT2D eigenvalue weighted by atomic mass is 9.87. The van der Waals surface area contributed by atoms with E-state index in [1.165, 1.54) is 0 Å². The van der Waals surface area contributed by atoms with Crippen molar-refractivity contribution in [1.82, 2.24) is 16.0 Å². The Hall–Kier alpha value is -1.30. The average Bonchev–Trinajstić information content (AvgIpc) is 3.11. The van der Waals surface area contributed by atoms with Crippen molar-refractivity contribution in [2.45, 2.75) is 64.1 Å². The minimum absolute atomic E-state index is 0.190. The van der Waals surface area contributed by atoms with Crippen molar-refractivity contribution in [1.29, 1.82) is 0 Å². The molecule has 0 radical (unpaired) electrons. The van der Waals surface area contributed by atoms with Gasteiger partial charge in [0.15, 0.2) is 0 Å². The van der Waals surface area contributed by atoms with Crippen LogP contribution in [0.4, 0.5) is 4.79 Å². The van der Waals surface area contributed by atoms with Gasteiger partial charge in [0.1, 0.15) is 5.60 Å². The largest absolute Gasteiger partial charge is 0.444 e. The summed E-state index contributed by atoms with van der Waals surface area (Å²) < 4.78 is 5.21. The Balaban J connectivity index is 1.47. The molecular weight excluding hydrogens is 270 g/mol. The van der Waals surface area contributed by atoms with E-state index in [0.717, 1.165) is 32.2 Å². The number of rotatable bonds is 6. The molecule has 0 saturated heterocycles. The van der Waals surface area contributed by atoms with Crippen LogP contribution in [0.15, 0.2) is 0 Å². The molecule has 2 saturated carbocycles. The first kappa shape index (κ1) is 16.1. The summed E-state index contributed by atoms with van der Waals surface area (Å²) in [6.45, 7) is 7.02. The fraction of sp³-hybridized carbons (Fsp3) is 0.867. The second-order valence-corrected chi connectivity index (χ2v) is 7.03. The van der Waals surface area contributed by atoms with Crippen LogP contribution < -0.4 is 16.0 Å². The van der Waals surface area contributed by atoms with Crippen LogP contribution in [0.25, 0.3) is 0 Å². The van der Waals surface area contributed by atoms with E-state index in [-0.39, 0.29) is 24.0 Å². The molecule has 0 atom stereocenters. The highest BCUT2D eigenvalue weighted by Gasteiger charge is 2.31. The number of amides is 2. The average molecular weight is 297 g/mol. The summed E-state index contributed by atoms with van der Waals surface area (Å²) in [5.74, 6) is 0.464. The number of alkyl carbamates (subject to hydrolysis) is 1. The number of nitrogens with one attached hydrogen (secondary N) is 3. The summed E-state index contributed by atoms with van der Waals surface area (Å²) >= 11 is 0. The lowest BCUT2D eigenvalue weighted by Crippen LogP contribution is -2.54. The monoisotopic (exact) mass is 297 g/mol. The van der Waals surface area contributed by atoms with Gasteiger partial charge in [0.05, 0.1) is 0 Å². The van der Waals surface area contributed by atoms with Crippen molar-refractivity contribution in [3.8, 4) is 0 Å². The van der Waals surface area contributed by atoms with Gasteiger partial charge in [-0.3, -0.25) is 4.79 Å². The molecule has 6 nitrogen and oxygen atoms in total. The molecule has 2 fully saturated rings. The first-order chi connectivity index (χ1) is 9.83. The van der Waals surface area contributed by atoms with Crippen LogP contribution in [-0.2, 0) is 9.53 Å². The summed E-state index contributed by atoms with van der Waals surface area (Å²) in [7, 11) is 0. The van der Waals surface area contributed by atoms with E-state index in [9.17, 15) is 9.59 Å². The van der Waals surface area contributed by atoms with Crippen molar-refractivity contribution in [2.24, 2.45) is 5.92 Å². The van der Waals surface area contributed by atoms with Crippen molar-refractivity contribution < 1.29 is 14.3 Å². The number of ether oxygens (including phenoxy) is 1. The highest BCUT2D eigenvalue weighted by atomic mass is 16.6. The maximum absolute atomic E-state index is 11.6. The molecule has 0 aromatic carbocycles. The Morgan fingerprint density at radius 3 is 2.33 bits per heavy atom. The molecule has 120 valence electrons. The van der Waals surface area contributed by atoms with Crippen molar-refractivity contribution >= 4 is 12.0 Å². The lowest BCUT2D eigenvalue weighted by molar-refractivity contribution is -0.122. The molecule has 2 aliphatic carbocycles. The zero-order chi connectivity index (χ0) is 15.5. The van der Waals surface area contributed by atoms with E-state index in [4.69, 9.17) is 4.74 Å². The van der Waals surface area contributed by atoms with Gasteiger partial charge in [-0.05, 0) is 46.5 Å². The third-order valence-electron chi connectivity index (χ3n) is 3.66. The van der Waals surface area contributed by atoms with Crippen molar-refractivity contribution in [3.05, 3.63) is 0 Å². The quantitative estimate of drug-likeness (QED) is 0.643. The fourth-order valence-corrected chi connectivity index (χ4v) is 2.33. The van der Waals surface area contributed by atoms with Gasteiger partial charge in [-0.15, -0.1) is 0 Å². The third kappa shape index (κ3) is 5.91. The van der Waals surface area contributed by atoms with Crippen molar-refractivity contribution in [3.63, 3.8) is 0 Å². The molecule has 0 aliphatic heterocycles. The molecule has 0 spiro atoms. The van der Waals surface area contributed by atoms with E-state index < -0.39 is 5.60 Å². The van der Waals surface area contributed by atoms with Gasteiger partial charge >= 0.3 is 6.09 Å². The number of carbonyl (C=O) groups is 2. The van der Waals surface area contributed by atoms with E-state index in [1.807, 2.05) is 20.8 Å². The number of hydrogen-bond donors (Lipinski definition) is 3. The molecule has 2 rings (SSSR count). The SMILES string of the molecule is CC(C)(C)OC(=O)NC1CC(NCCNC(=O)C2CC2)C1. The normalized spacial score (nSPS) is 24.9. The molecule has 0 aromatic rings. The maximum atomic E-state index is 11.6. The maximum Gasteiger partial charge on any atom is 0.407 e. The van der Waals surface area contributed by atoms with Crippen LogP contribution in [0.1, 0.15) is 46.5 Å². The zero-order valence-electron chi connectivity index (χ0n) is 13.2. The second-order valence-electron chi connectivity index (χ2n) is 7.03. The van der Waals surface area contributed by atoms with Gasteiger partial charge in [-0.2, -0.15) is 0 Å². The zero-order valence-corrected chi connectivity index (χ0v) is 13.2. The lowest BCUT2D eigenvalue weighted by Gasteiger charge is -2.36. The Labute approximate surface area is 126 Å². The van der Waals surface area contributed by atoms with Crippen LogP contribution in [0, 0.1) is 5.92 Å². The van der Waals surface area contributed by atoms with E-state index in [1.54, 1.807) is 0 Å². The number of carbonyl (C=O) groups excluding carboxylic acids is 2. The van der Waals surface area contributed by atoms with Crippen LogP contribution >= 0.6 is 0 Å². The molecular formula is C15H27N3O3. The Morgan fingerprint density at radius 1 is 1.10 bits per heavy atom. The first-order valence-electron chi connectivity index (χ1n) is 7.84. The molecule has 6 heteroatoms. The highest BCUT2D eigenvalue weighted by Crippen LogP contribution is 2.28. The van der Waals surface area contributed by atoms with Gasteiger partial charge in [-0.1, -0.05) is 0 Å². The predicted molar refractivity (Wildman–Crippen MR) is 79.9 cm³/mol. The second kappa shape index (κ2) is 6.64. The van der Waals surface area contributed by atoms with Gasteiger partial charge in [0, 0.05) is 31.1 Å². The fourth-order valence-electron chi connectivity index (χ4n) is 2.33. The van der Waals surface area contributed by atoms with Gasteiger partial charge in [0.2, 0.25) is 5.91 Å². The van der Waals surface area contributed by atoms with Gasteiger partial charge in [-0.25, -0.2) is 4.79 Å². The van der Waals surface area contributed by atoms with Crippen molar-refractivity contribution in [2.75, 3.05) is 13.1 Å².